The molecular formula is C24H19BrF3N5O4S2. The summed E-state index contributed by atoms with van der Waals surface area (Å²) in [5.41, 5.74) is 1.91. The number of aliphatic hydroxyl groups is 1. The standard InChI is InChI=1S/C24H19BrF3N5O4S2/c25-12-3-14(5-29-4-12)39-24-23(35-7-13-9-38-10-30-13)20(22-21(37-24)18(34)8-36-22)33-6-17(31-32-33)11-1-15(26)19(28)16(27)2-11/h1-6,9-10,18,20-24,34H,7-8H2/t18?,20?,21?,22-,23?,24-/m1/s1. The summed E-state index contributed by atoms with van der Waals surface area (Å²) < 4.78 is 62.3. The van der Waals surface area contributed by atoms with Gasteiger partial charge in [-0.05, 0) is 34.1 Å². The molecule has 0 spiro atoms. The second-order valence-corrected chi connectivity index (χ2v) is 11.7. The number of thiazole rings is 1. The number of hydrogen-bond donors (Lipinski definition) is 1. The van der Waals surface area contributed by atoms with Gasteiger partial charge < -0.3 is 19.3 Å². The van der Waals surface area contributed by atoms with E-state index in [2.05, 4.69) is 36.2 Å². The fourth-order valence-electron chi connectivity index (χ4n) is 4.57. The summed E-state index contributed by atoms with van der Waals surface area (Å²) in [6.45, 7) is 0.202. The average Bonchev–Trinajstić information content (AvgIpc) is 3.68. The lowest BCUT2D eigenvalue weighted by atomic mass is 9.95. The normalized spacial score (nSPS) is 26.6. The van der Waals surface area contributed by atoms with E-state index in [4.69, 9.17) is 14.2 Å². The first-order chi connectivity index (χ1) is 18.9. The molecule has 2 fully saturated rings. The van der Waals surface area contributed by atoms with Crippen molar-refractivity contribution in [1.29, 1.82) is 0 Å². The third kappa shape index (κ3) is 5.49. The van der Waals surface area contributed by atoms with Gasteiger partial charge in [-0.15, -0.1) is 16.4 Å². The number of ether oxygens (including phenoxy) is 3. The lowest BCUT2D eigenvalue weighted by Crippen LogP contribution is -2.55. The van der Waals surface area contributed by atoms with Gasteiger partial charge >= 0.3 is 0 Å². The first-order valence-electron chi connectivity index (χ1n) is 11.6. The lowest BCUT2D eigenvalue weighted by Gasteiger charge is -2.43. The predicted molar refractivity (Wildman–Crippen MR) is 137 cm³/mol. The molecule has 1 aromatic carbocycles. The van der Waals surface area contributed by atoms with E-state index >= 15 is 0 Å². The molecule has 6 rings (SSSR count). The van der Waals surface area contributed by atoms with Crippen molar-refractivity contribution in [3.63, 3.8) is 0 Å². The monoisotopic (exact) mass is 641 g/mol. The zero-order chi connectivity index (χ0) is 27.1. The third-order valence-corrected chi connectivity index (χ3v) is 8.51. The van der Waals surface area contributed by atoms with Gasteiger partial charge in [0.05, 0.1) is 30.6 Å². The summed E-state index contributed by atoms with van der Waals surface area (Å²) in [6.07, 6.45) is 1.85. The Morgan fingerprint density at radius 2 is 2.00 bits per heavy atom. The zero-order valence-corrected chi connectivity index (χ0v) is 23.0. The Kier molecular flexibility index (Phi) is 7.72. The summed E-state index contributed by atoms with van der Waals surface area (Å²) in [5, 5.41) is 20.8. The predicted octanol–water partition coefficient (Wildman–Crippen LogP) is 4.38. The van der Waals surface area contributed by atoms with Crippen LogP contribution in [0.25, 0.3) is 11.3 Å². The van der Waals surface area contributed by atoms with E-state index in [-0.39, 0.29) is 24.5 Å². The second kappa shape index (κ2) is 11.2. The maximum absolute atomic E-state index is 13.9. The van der Waals surface area contributed by atoms with Gasteiger partial charge in [0.2, 0.25) is 0 Å². The smallest absolute Gasteiger partial charge is 0.194 e. The molecule has 0 aliphatic carbocycles. The number of pyridine rings is 1. The van der Waals surface area contributed by atoms with Crippen molar-refractivity contribution in [1.82, 2.24) is 25.0 Å². The van der Waals surface area contributed by atoms with Gasteiger partial charge in [0.15, 0.2) is 17.5 Å². The number of aliphatic hydroxyl groups excluding tert-OH is 1. The molecule has 6 atom stereocenters. The highest BCUT2D eigenvalue weighted by Gasteiger charge is 2.54. The number of halogens is 4. The first kappa shape index (κ1) is 26.8. The molecule has 2 aliphatic rings. The molecule has 0 radical (unpaired) electrons. The Labute approximate surface area is 236 Å². The maximum Gasteiger partial charge on any atom is 0.194 e. The molecule has 2 aliphatic heterocycles. The largest absolute Gasteiger partial charge is 0.388 e. The topological polar surface area (TPSA) is 104 Å². The Balaban J connectivity index is 1.38. The van der Waals surface area contributed by atoms with E-state index in [9.17, 15) is 18.3 Å². The van der Waals surface area contributed by atoms with Crippen LogP contribution in [0.15, 0.2) is 57.0 Å². The molecule has 2 saturated heterocycles. The number of thioether (sulfide) groups is 1. The highest BCUT2D eigenvalue weighted by atomic mass is 79.9. The molecular weight excluding hydrogens is 623 g/mol. The molecule has 0 amide bonds. The van der Waals surface area contributed by atoms with E-state index in [1.54, 1.807) is 17.9 Å². The fraction of sp³-hybridized carbons (Fsp3) is 0.333. The van der Waals surface area contributed by atoms with Crippen LogP contribution in [0.5, 0.6) is 0 Å². The summed E-state index contributed by atoms with van der Waals surface area (Å²) in [5.74, 6) is -4.24. The molecule has 0 saturated carbocycles. The third-order valence-electron chi connectivity index (χ3n) is 6.33. The average molecular weight is 642 g/mol. The van der Waals surface area contributed by atoms with Crippen molar-refractivity contribution < 1.29 is 32.5 Å². The quantitative estimate of drug-likeness (QED) is 0.294. The van der Waals surface area contributed by atoms with Gasteiger partial charge in [0, 0.05) is 32.7 Å². The molecule has 0 bridgehead atoms. The van der Waals surface area contributed by atoms with Gasteiger partial charge in [-0.25, -0.2) is 22.8 Å². The summed E-state index contributed by atoms with van der Waals surface area (Å²) in [4.78, 5) is 9.29. The number of benzene rings is 1. The minimum absolute atomic E-state index is 0.0136. The lowest BCUT2D eigenvalue weighted by molar-refractivity contribution is -0.181. The minimum Gasteiger partial charge on any atom is -0.388 e. The Morgan fingerprint density at radius 3 is 2.74 bits per heavy atom. The Hall–Kier alpha value is -2.40. The number of rotatable bonds is 7. The van der Waals surface area contributed by atoms with Gasteiger partial charge in [-0.1, -0.05) is 17.0 Å². The van der Waals surface area contributed by atoms with E-state index in [1.807, 2.05) is 11.4 Å². The van der Waals surface area contributed by atoms with Crippen LogP contribution in [0.4, 0.5) is 13.2 Å². The molecule has 5 heterocycles. The van der Waals surface area contributed by atoms with E-state index < -0.39 is 53.3 Å². The first-order valence-corrected chi connectivity index (χ1v) is 14.3. The van der Waals surface area contributed by atoms with Crippen molar-refractivity contribution >= 4 is 39.0 Å². The second-order valence-electron chi connectivity index (χ2n) is 8.87. The number of nitrogens with zero attached hydrogens (tertiary/aromatic N) is 5. The van der Waals surface area contributed by atoms with Crippen LogP contribution in [-0.4, -0.2) is 66.5 Å². The SMILES string of the molecule is OC1CO[C@H]2C1O[C@H](Sc1cncc(Br)c1)C(OCc1cscn1)C2n1cc(-c2cc(F)c(F)c(F)c2)nn1. The molecule has 15 heteroatoms. The van der Waals surface area contributed by atoms with Crippen LogP contribution in [0.1, 0.15) is 11.7 Å². The van der Waals surface area contributed by atoms with Crippen LogP contribution in [0.3, 0.4) is 0 Å². The number of fused-ring (bicyclic) bond motifs is 1. The highest BCUT2D eigenvalue weighted by molar-refractivity contribution is 9.10. The summed E-state index contributed by atoms with van der Waals surface area (Å²) in [6, 6.07) is 2.93. The summed E-state index contributed by atoms with van der Waals surface area (Å²) in [7, 11) is 0. The molecule has 1 N–H and O–H groups in total. The Bertz CT molecular complexity index is 1440. The number of hydrogen-bond acceptors (Lipinski definition) is 10. The molecule has 9 nitrogen and oxygen atoms in total. The van der Waals surface area contributed by atoms with Crippen molar-refractivity contribution in [2.24, 2.45) is 0 Å². The zero-order valence-electron chi connectivity index (χ0n) is 19.7. The molecule has 39 heavy (non-hydrogen) atoms. The van der Waals surface area contributed by atoms with Crippen LogP contribution in [-0.2, 0) is 20.8 Å². The fourth-order valence-corrected chi connectivity index (χ4v) is 6.77. The van der Waals surface area contributed by atoms with Crippen molar-refractivity contribution in [3.8, 4) is 11.3 Å². The molecule has 4 unspecified atom stereocenters. The highest BCUT2D eigenvalue weighted by Crippen LogP contribution is 2.44. The molecule has 3 aromatic heterocycles. The van der Waals surface area contributed by atoms with Gasteiger partial charge in [0.1, 0.15) is 41.6 Å². The van der Waals surface area contributed by atoms with Gasteiger partial charge in [0.25, 0.3) is 0 Å². The van der Waals surface area contributed by atoms with Crippen LogP contribution in [0.2, 0.25) is 0 Å². The van der Waals surface area contributed by atoms with Crippen molar-refractivity contribution in [3.05, 3.63) is 75.3 Å². The van der Waals surface area contributed by atoms with Crippen LogP contribution >= 0.6 is 39.0 Å². The van der Waals surface area contributed by atoms with Gasteiger partial charge in [-0.2, -0.15) is 0 Å². The number of aromatic nitrogens is 5. The Morgan fingerprint density at radius 1 is 1.18 bits per heavy atom. The molecule has 4 aromatic rings. The van der Waals surface area contributed by atoms with Crippen LogP contribution < -0.4 is 0 Å². The van der Waals surface area contributed by atoms with E-state index in [1.165, 1.54) is 34.0 Å². The van der Waals surface area contributed by atoms with E-state index in [0.29, 0.717) is 0 Å². The van der Waals surface area contributed by atoms with E-state index in [0.717, 1.165) is 27.2 Å². The summed E-state index contributed by atoms with van der Waals surface area (Å²) >= 11 is 6.22. The maximum atomic E-state index is 13.9. The van der Waals surface area contributed by atoms with Gasteiger partial charge in [-0.3, -0.25) is 4.98 Å². The molecule has 204 valence electrons. The van der Waals surface area contributed by atoms with Crippen molar-refractivity contribution in [2.75, 3.05) is 6.61 Å². The van der Waals surface area contributed by atoms with Crippen LogP contribution in [0, 0.1) is 17.5 Å². The van der Waals surface area contributed by atoms with Crippen molar-refractivity contribution in [2.45, 2.75) is 47.4 Å². The minimum atomic E-state index is -1.57.